The van der Waals surface area contributed by atoms with Gasteiger partial charge in [0.1, 0.15) is 17.7 Å². The van der Waals surface area contributed by atoms with Gasteiger partial charge in [-0.25, -0.2) is 4.79 Å². The van der Waals surface area contributed by atoms with Gasteiger partial charge >= 0.3 is 6.09 Å². The average molecular weight is 518 g/mol. The molecule has 37 heavy (non-hydrogen) atoms. The number of hydrogen-bond donors (Lipinski definition) is 2. The van der Waals surface area contributed by atoms with Gasteiger partial charge in [-0.3, -0.25) is 9.59 Å². The summed E-state index contributed by atoms with van der Waals surface area (Å²) in [5.41, 5.74) is 2.25. The maximum atomic E-state index is 14.0. The first kappa shape index (κ1) is 32.5. The van der Waals surface area contributed by atoms with Crippen LogP contribution in [0.1, 0.15) is 111 Å². The Bertz CT molecular complexity index is 907. The van der Waals surface area contributed by atoms with Crippen molar-refractivity contribution in [3.63, 3.8) is 0 Å². The minimum Gasteiger partial charge on any atom is -0.444 e. The predicted octanol–water partition coefficient (Wildman–Crippen LogP) is 6.22. The van der Waals surface area contributed by atoms with Crippen LogP contribution < -0.4 is 10.6 Å². The summed E-state index contributed by atoms with van der Waals surface area (Å²) < 4.78 is 5.38. The smallest absolute Gasteiger partial charge is 0.408 e. The fourth-order valence-corrected chi connectivity index (χ4v) is 4.28. The summed E-state index contributed by atoms with van der Waals surface area (Å²) >= 11 is 0. The van der Waals surface area contributed by atoms with Gasteiger partial charge < -0.3 is 20.3 Å². The van der Waals surface area contributed by atoms with Gasteiger partial charge in [0.25, 0.3) is 0 Å². The fraction of sp³-hybridized carbons (Fsp3) is 0.700. The van der Waals surface area contributed by atoms with Crippen LogP contribution in [0.25, 0.3) is 0 Å². The molecule has 0 aliphatic heterocycles. The zero-order valence-electron chi connectivity index (χ0n) is 25.0. The summed E-state index contributed by atoms with van der Waals surface area (Å²) in [6, 6.07) is 3.97. The number of nitrogens with zero attached hydrogens (tertiary/aromatic N) is 1. The van der Waals surface area contributed by atoms with Crippen LogP contribution >= 0.6 is 0 Å². The van der Waals surface area contributed by atoms with E-state index in [-0.39, 0.29) is 23.9 Å². The van der Waals surface area contributed by atoms with Gasteiger partial charge in [-0.15, -0.1) is 0 Å². The highest BCUT2D eigenvalue weighted by molar-refractivity contribution is 5.92. The molecule has 0 heterocycles. The number of hydrogen-bond acceptors (Lipinski definition) is 4. The molecule has 4 atom stereocenters. The zero-order chi connectivity index (χ0) is 28.5. The number of alkyl carbamates (subject to hydrolysis) is 1. The average Bonchev–Trinajstić information content (AvgIpc) is 2.75. The normalized spacial score (nSPS) is 14.9. The minimum absolute atomic E-state index is 0.0215. The molecular weight excluding hydrogens is 466 g/mol. The van der Waals surface area contributed by atoms with E-state index in [1.807, 2.05) is 45.9 Å². The second-order valence-corrected chi connectivity index (χ2v) is 11.9. The van der Waals surface area contributed by atoms with E-state index in [0.717, 1.165) is 42.4 Å². The number of nitrogens with one attached hydrogen (secondary N) is 2. The predicted molar refractivity (Wildman–Crippen MR) is 150 cm³/mol. The summed E-state index contributed by atoms with van der Waals surface area (Å²) in [7, 11) is 0. The summed E-state index contributed by atoms with van der Waals surface area (Å²) in [6.07, 6.45) is 2.78. The fourth-order valence-electron chi connectivity index (χ4n) is 4.28. The lowest BCUT2D eigenvalue weighted by molar-refractivity contribution is -0.145. The Labute approximate surface area is 225 Å². The Morgan fingerprint density at radius 2 is 1.54 bits per heavy atom. The van der Waals surface area contributed by atoms with Crippen molar-refractivity contribution in [1.82, 2.24) is 15.5 Å². The zero-order valence-corrected chi connectivity index (χ0v) is 25.0. The van der Waals surface area contributed by atoms with Crippen LogP contribution in [-0.2, 0) is 14.3 Å². The molecule has 210 valence electrons. The lowest BCUT2D eigenvalue weighted by atomic mass is 9.95. The minimum atomic E-state index is -0.869. The molecule has 1 rings (SSSR count). The molecule has 0 radical (unpaired) electrons. The van der Waals surface area contributed by atoms with Gasteiger partial charge in [0, 0.05) is 12.1 Å². The maximum Gasteiger partial charge on any atom is 0.408 e. The highest BCUT2D eigenvalue weighted by Crippen LogP contribution is 2.29. The van der Waals surface area contributed by atoms with Crippen LogP contribution in [0.5, 0.6) is 0 Å². The first-order valence-corrected chi connectivity index (χ1v) is 13.8. The van der Waals surface area contributed by atoms with Crippen molar-refractivity contribution < 1.29 is 19.1 Å². The lowest BCUT2D eigenvalue weighted by Crippen LogP contribution is -2.55. The molecule has 0 aromatic heterocycles. The van der Waals surface area contributed by atoms with E-state index in [9.17, 15) is 14.4 Å². The Kier molecular flexibility index (Phi) is 12.6. The SMILES string of the molecule is CCCC(C)NC(=O)C(c1ccc(C)c(C)c1)N(C(=O)C(C)NC(=O)OC(C)(C)C)C(C)CCC(C)C. The van der Waals surface area contributed by atoms with Crippen molar-refractivity contribution in [2.24, 2.45) is 5.92 Å². The van der Waals surface area contributed by atoms with Gasteiger partial charge in [-0.1, -0.05) is 45.4 Å². The van der Waals surface area contributed by atoms with E-state index in [2.05, 4.69) is 31.4 Å². The molecule has 0 aliphatic carbocycles. The molecule has 7 heteroatoms. The third-order valence-electron chi connectivity index (χ3n) is 6.48. The number of ether oxygens (including phenoxy) is 1. The van der Waals surface area contributed by atoms with Crippen LogP contribution in [-0.4, -0.2) is 46.5 Å². The molecule has 0 aliphatic rings. The molecule has 0 saturated carbocycles. The van der Waals surface area contributed by atoms with Gasteiger partial charge in [-0.05, 0) is 97.3 Å². The van der Waals surface area contributed by atoms with Gasteiger partial charge in [0.05, 0.1) is 0 Å². The topological polar surface area (TPSA) is 87.7 Å². The van der Waals surface area contributed by atoms with E-state index in [0.29, 0.717) is 5.92 Å². The molecule has 0 bridgehead atoms. The lowest BCUT2D eigenvalue weighted by Gasteiger charge is -2.38. The molecule has 1 aromatic rings. The molecule has 4 unspecified atom stereocenters. The summed E-state index contributed by atoms with van der Waals surface area (Å²) in [5, 5.41) is 5.81. The van der Waals surface area contributed by atoms with Crippen molar-refractivity contribution >= 4 is 17.9 Å². The first-order valence-electron chi connectivity index (χ1n) is 13.8. The molecule has 0 saturated heterocycles. The monoisotopic (exact) mass is 517 g/mol. The number of amides is 3. The molecule has 0 fully saturated rings. The van der Waals surface area contributed by atoms with Crippen LogP contribution in [0, 0.1) is 19.8 Å². The number of rotatable bonds is 12. The van der Waals surface area contributed by atoms with E-state index in [4.69, 9.17) is 4.74 Å². The van der Waals surface area contributed by atoms with Gasteiger partial charge in [-0.2, -0.15) is 0 Å². The third-order valence-corrected chi connectivity index (χ3v) is 6.48. The van der Waals surface area contributed by atoms with E-state index >= 15 is 0 Å². The Balaban J connectivity index is 3.51. The summed E-state index contributed by atoms with van der Waals surface area (Å²) in [5.74, 6) is -0.0720. The largest absolute Gasteiger partial charge is 0.444 e. The summed E-state index contributed by atoms with van der Waals surface area (Å²) in [4.78, 5) is 42.0. The van der Waals surface area contributed by atoms with E-state index in [1.54, 1.807) is 32.6 Å². The van der Waals surface area contributed by atoms with Crippen LogP contribution in [0.3, 0.4) is 0 Å². The van der Waals surface area contributed by atoms with Crippen molar-refractivity contribution in [2.45, 2.75) is 132 Å². The highest BCUT2D eigenvalue weighted by atomic mass is 16.6. The molecule has 3 amide bonds. The number of carbonyl (C=O) groups is 3. The Hall–Kier alpha value is -2.57. The number of carbonyl (C=O) groups excluding carboxylic acids is 3. The number of aryl methyl sites for hydroxylation is 2. The van der Waals surface area contributed by atoms with Crippen molar-refractivity contribution in [3.8, 4) is 0 Å². The second kappa shape index (κ2) is 14.4. The third kappa shape index (κ3) is 10.7. The van der Waals surface area contributed by atoms with Crippen LogP contribution in [0.2, 0.25) is 0 Å². The molecular formula is C30H51N3O4. The standard InChI is InChI=1S/C30H51N3O4/c1-12-13-22(6)31-27(34)26(25-17-15-20(4)21(5)18-25)33(23(7)16-14-19(2)3)28(35)24(8)32-29(36)37-30(9,10)11/h15,17-19,22-24,26H,12-14,16H2,1-11H3,(H,31,34)(H,32,36). The maximum absolute atomic E-state index is 14.0. The van der Waals surface area contributed by atoms with Gasteiger partial charge in [0.2, 0.25) is 11.8 Å². The quantitative estimate of drug-likeness (QED) is 0.345. The molecule has 0 spiro atoms. The second-order valence-electron chi connectivity index (χ2n) is 11.9. The van der Waals surface area contributed by atoms with E-state index in [1.165, 1.54) is 0 Å². The van der Waals surface area contributed by atoms with Crippen molar-refractivity contribution in [1.29, 1.82) is 0 Å². The Morgan fingerprint density at radius 3 is 2.05 bits per heavy atom. The Morgan fingerprint density at radius 1 is 0.919 bits per heavy atom. The van der Waals surface area contributed by atoms with Crippen molar-refractivity contribution in [2.75, 3.05) is 0 Å². The van der Waals surface area contributed by atoms with Crippen molar-refractivity contribution in [3.05, 3.63) is 34.9 Å². The van der Waals surface area contributed by atoms with E-state index < -0.39 is 23.8 Å². The van der Waals surface area contributed by atoms with Crippen LogP contribution in [0.4, 0.5) is 4.79 Å². The number of benzene rings is 1. The molecule has 2 N–H and O–H groups in total. The molecule has 7 nitrogen and oxygen atoms in total. The molecule has 1 aromatic carbocycles. The van der Waals surface area contributed by atoms with Gasteiger partial charge in [0.15, 0.2) is 0 Å². The highest BCUT2D eigenvalue weighted by Gasteiger charge is 2.38. The summed E-state index contributed by atoms with van der Waals surface area (Å²) in [6.45, 7) is 21.3. The van der Waals surface area contributed by atoms with Crippen LogP contribution in [0.15, 0.2) is 18.2 Å². The first-order chi connectivity index (χ1) is 17.1.